The van der Waals surface area contributed by atoms with Crippen LogP contribution in [0.4, 0.5) is 5.13 Å². The SMILES string of the molecule is CCCCCN(C)c1nc(C(=O)OCC)c(C)s1. The number of carbonyl (C=O) groups excluding carboxylic acids is 1. The largest absolute Gasteiger partial charge is 0.461 e. The van der Waals surface area contributed by atoms with Crippen LogP contribution in [0.5, 0.6) is 0 Å². The second-order valence-electron chi connectivity index (χ2n) is 4.25. The number of aromatic nitrogens is 1. The Hall–Kier alpha value is -1.10. The van der Waals surface area contributed by atoms with Gasteiger partial charge in [-0.25, -0.2) is 9.78 Å². The molecule has 102 valence electrons. The lowest BCUT2D eigenvalue weighted by molar-refractivity contribution is 0.0519. The molecule has 0 aromatic carbocycles. The molecule has 0 aliphatic carbocycles. The summed E-state index contributed by atoms with van der Waals surface area (Å²) in [6.45, 7) is 7.26. The fourth-order valence-corrected chi connectivity index (χ4v) is 2.51. The molecule has 0 amide bonds. The Morgan fingerprint density at radius 1 is 1.39 bits per heavy atom. The summed E-state index contributed by atoms with van der Waals surface area (Å²) in [6, 6.07) is 0. The van der Waals surface area contributed by atoms with Crippen molar-refractivity contribution in [3.8, 4) is 0 Å². The lowest BCUT2D eigenvalue weighted by Crippen LogP contribution is -2.18. The van der Waals surface area contributed by atoms with Gasteiger partial charge < -0.3 is 9.64 Å². The van der Waals surface area contributed by atoms with Crippen LogP contribution in [0.25, 0.3) is 0 Å². The number of anilines is 1. The van der Waals surface area contributed by atoms with E-state index in [1.807, 2.05) is 14.0 Å². The molecule has 0 saturated heterocycles. The first-order valence-corrected chi connectivity index (χ1v) is 7.27. The normalized spacial score (nSPS) is 10.4. The predicted molar refractivity (Wildman–Crippen MR) is 75.6 cm³/mol. The predicted octanol–water partition coefficient (Wildman–Crippen LogP) is 3.25. The standard InChI is InChI=1S/C13H22N2O2S/c1-5-7-8-9-15(4)13-14-11(10(3)18-13)12(16)17-6-2/h5-9H2,1-4H3. The van der Waals surface area contributed by atoms with Gasteiger partial charge in [0.15, 0.2) is 10.8 Å². The smallest absolute Gasteiger partial charge is 0.358 e. The number of ether oxygens (including phenoxy) is 1. The lowest BCUT2D eigenvalue weighted by Gasteiger charge is -2.14. The molecule has 0 spiro atoms. The third-order valence-corrected chi connectivity index (χ3v) is 3.76. The molecule has 0 aliphatic rings. The quantitative estimate of drug-likeness (QED) is 0.563. The summed E-state index contributed by atoms with van der Waals surface area (Å²) in [5.74, 6) is -0.320. The van der Waals surface area contributed by atoms with Gasteiger partial charge in [-0.15, -0.1) is 11.3 Å². The van der Waals surface area contributed by atoms with Crippen molar-refractivity contribution < 1.29 is 9.53 Å². The van der Waals surface area contributed by atoms with E-state index in [1.54, 1.807) is 18.3 Å². The summed E-state index contributed by atoms with van der Waals surface area (Å²) in [5, 5.41) is 0.895. The maximum Gasteiger partial charge on any atom is 0.358 e. The lowest BCUT2D eigenvalue weighted by atomic mass is 10.2. The minimum absolute atomic E-state index is 0.320. The zero-order valence-corrected chi connectivity index (χ0v) is 12.5. The van der Waals surface area contributed by atoms with Gasteiger partial charge in [-0.3, -0.25) is 0 Å². The molecule has 18 heavy (non-hydrogen) atoms. The van der Waals surface area contributed by atoms with E-state index >= 15 is 0 Å². The van der Waals surface area contributed by atoms with Crippen LogP contribution in [0.1, 0.15) is 48.5 Å². The highest BCUT2D eigenvalue weighted by molar-refractivity contribution is 7.15. The van der Waals surface area contributed by atoms with Crippen molar-refractivity contribution >= 4 is 22.4 Å². The van der Waals surface area contributed by atoms with Crippen LogP contribution < -0.4 is 4.90 Å². The number of hydrogen-bond acceptors (Lipinski definition) is 5. The van der Waals surface area contributed by atoms with Crippen LogP contribution in [-0.2, 0) is 4.74 Å². The highest BCUT2D eigenvalue weighted by Crippen LogP contribution is 2.25. The second-order valence-corrected chi connectivity index (χ2v) is 5.43. The van der Waals surface area contributed by atoms with Gasteiger partial charge in [-0.1, -0.05) is 19.8 Å². The number of carbonyl (C=O) groups is 1. The molecule has 1 heterocycles. The van der Waals surface area contributed by atoms with E-state index in [1.165, 1.54) is 12.8 Å². The summed E-state index contributed by atoms with van der Waals surface area (Å²) in [5.41, 5.74) is 0.458. The first kappa shape index (κ1) is 15.0. The van der Waals surface area contributed by atoms with Crippen molar-refractivity contribution in [1.82, 2.24) is 4.98 Å². The number of unbranched alkanes of at least 4 members (excludes halogenated alkanes) is 2. The Morgan fingerprint density at radius 2 is 2.11 bits per heavy atom. The minimum atomic E-state index is -0.320. The van der Waals surface area contributed by atoms with Crippen molar-refractivity contribution in [2.75, 3.05) is 25.1 Å². The number of esters is 1. The molecule has 0 atom stereocenters. The van der Waals surface area contributed by atoms with E-state index in [-0.39, 0.29) is 5.97 Å². The van der Waals surface area contributed by atoms with Gasteiger partial charge in [0.1, 0.15) is 0 Å². The molecule has 0 bridgehead atoms. The summed E-state index contributed by atoms with van der Waals surface area (Å²) in [4.78, 5) is 19.1. The average molecular weight is 270 g/mol. The average Bonchev–Trinajstić information content (AvgIpc) is 2.72. The van der Waals surface area contributed by atoms with Crippen LogP contribution in [0.2, 0.25) is 0 Å². The molecule has 0 saturated carbocycles. The molecule has 0 radical (unpaired) electrons. The molecule has 0 fully saturated rings. The summed E-state index contributed by atoms with van der Waals surface area (Å²) in [6.07, 6.45) is 3.58. The number of rotatable bonds is 7. The highest BCUT2D eigenvalue weighted by Gasteiger charge is 2.17. The Kier molecular flexibility index (Phi) is 6.12. The fraction of sp³-hybridized carbons (Fsp3) is 0.692. The summed E-state index contributed by atoms with van der Waals surface area (Å²) < 4.78 is 4.99. The topological polar surface area (TPSA) is 42.4 Å². The first-order valence-electron chi connectivity index (χ1n) is 6.45. The molecule has 4 nitrogen and oxygen atoms in total. The van der Waals surface area contributed by atoms with Crippen molar-refractivity contribution in [2.45, 2.75) is 40.0 Å². The van der Waals surface area contributed by atoms with Gasteiger partial charge in [0, 0.05) is 18.5 Å². The van der Waals surface area contributed by atoms with E-state index < -0.39 is 0 Å². The van der Waals surface area contributed by atoms with E-state index in [0.717, 1.165) is 23.0 Å². The summed E-state index contributed by atoms with van der Waals surface area (Å²) >= 11 is 1.55. The molecule has 0 N–H and O–H groups in total. The molecule has 5 heteroatoms. The van der Waals surface area contributed by atoms with Crippen LogP contribution in [0.3, 0.4) is 0 Å². The van der Waals surface area contributed by atoms with Crippen LogP contribution in [0.15, 0.2) is 0 Å². The van der Waals surface area contributed by atoms with Crippen molar-refractivity contribution in [3.63, 3.8) is 0 Å². The molecule has 1 aromatic rings. The van der Waals surface area contributed by atoms with Crippen LogP contribution in [0, 0.1) is 6.92 Å². The highest BCUT2D eigenvalue weighted by atomic mass is 32.1. The maximum absolute atomic E-state index is 11.7. The Balaban J connectivity index is 2.67. The van der Waals surface area contributed by atoms with E-state index in [0.29, 0.717) is 12.3 Å². The Morgan fingerprint density at radius 3 is 2.72 bits per heavy atom. The van der Waals surface area contributed by atoms with Gasteiger partial charge in [0.25, 0.3) is 0 Å². The van der Waals surface area contributed by atoms with Gasteiger partial charge in [-0.05, 0) is 20.3 Å². The van der Waals surface area contributed by atoms with Gasteiger partial charge in [0.2, 0.25) is 0 Å². The van der Waals surface area contributed by atoms with Gasteiger partial charge >= 0.3 is 5.97 Å². The Labute approximate surface area is 113 Å². The number of aryl methyl sites for hydroxylation is 1. The molecule has 0 unspecified atom stereocenters. The molecule has 1 rings (SSSR count). The zero-order valence-electron chi connectivity index (χ0n) is 11.7. The third kappa shape index (κ3) is 3.98. The van der Waals surface area contributed by atoms with Crippen LogP contribution >= 0.6 is 11.3 Å². The maximum atomic E-state index is 11.7. The molecular weight excluding hydrogens is 248 g/mol. The van der Waals surface area contributed by atoms with Crippen molar-refractivity contribution in [2.24, 2.45) is 0 Å². The van der Waals surface area contributed by atoms with Gasteiger partial charge in [0.05, 0.1) is 6.61 Å². The number of thiazole rings is 1. The van der Waals surface area contributed by atoms with Crippen molar-refractivity contribution in [1.29, 1.82) is 0 Å². The zero-order chi connectivity index (χ0) is 13.5. The monoisotopic (exact) mass is 270 g/mol. The minimum Gasteiger partial charge on any atom is -0.461 e. The third-order valence-electron chi connectivity index (χ3n) is 2.68. The van der Waals surface area contributed by atoms with E-state index in [9.17, 15) is 4.79 Å². The molecular formula is C13H22N2O2S. The second kappa shape index (κ2) is 7.36. The Bertz CT molecular complexity index is 390. The van der Waals surface area contributed by atoms with E-state index in [2.05, 4.69) is 16.8 Å². The van der Waals surface area contributed by atoms with Gasteiger partial charge in [-0.2, -0.15) is 0 Å². The summed E-state index contributed by atoms with van der Waals surface area (Å²) in [7, 11) is 2.02. The number of hydrogen-bond donors (Lipinski definition) is 0. The number of nitrogens with zero attached hydrogens (tertiary/aromatic N) is 2. The van der Waals surface area contributed by atoms with E-state index in [4.69, 9.17) is 4.74 Å². The fourth-order valence-electron chi connectivity index (χ4n) is 1.63. The molecule has 0 aliphatic heterocycles. The van der Waals surface area contributed by atoms with Crippen LogP contribution in [-0.4, -0.2) is 31.2 Å². The first-order chi connectivity index (χ1) is 8.60. The molecule has 1 aromatic heterocycles. The van der Waals surface area contributed by atoms with Crippen molar-refractivity contribution in [3.05, 3.63) is 10.6 Å².